The summed E-state index contributed by atoms with van der Waals surface area (Å²) >= 11 is 0. The van der Waals surface area contributed by atoms with Crippen molar-refractivity contribution in [1.29, 1.82) is 0 Å². The molecule has 19 heavy (non-hydrogen) atoms. The first-order valence-electron chi connectivity index (χ1n) is 7.29. The van der Waals surface area contributed by atoms with Crippen molar-refractivity contribution in [3.8, 4) is 0 Å². The molecule has 1 N–H and O–H groups in total. The maximum Gasteiger partial charge on any atom is 0.223 e. The van der Waals surface area contributed by atoms with Crippen LogP contribution in [0.15, 0.2) is 12.2 Å². The van der Waals surface area contributed by atoms with Gasteiger partial charge in [-0.1, -0.05) is 46.8 Å². The van der Waals surface area contributed by atoms with Gasteiger partial charge < -0.3 is 10.0 Å². The zero-order valence-corrected chi connectivity index (χ0v) is 12.4. The lowest BCUT2D eigenvalue weighted by atomic mass is 10.1. The maximum absolute atomic E-state index is 11.6. The van der Waals surface area contributed by atoms with Crippen LogP contribution in [0.3, 0.4) is 0 Å². The molecule has 0 spiro atoms. The van der Waals surface area contributed by atoms with Gasteiger partial charge in [-0.15, -0.1) is 0 Å². The number of likely N-dealkylation sites (tertiary alicyclic amines) is 1. The minimum Gasteiger partial charge on any atom is -0.393 e. The van der Waals surface area contributed by atoms with Crippen LogP contribution in [0.25, 0.3) is 0 Å². The molecule has 2 atom stereocenters. The van der Waals surface area contributed by atoms with Crippen LogP contribution in [0.2, 0.25) is 0 Å². The van der Waals surface area contributed by atoms with Crippen LogP contribution < -0.4 is 0 Å². The van der Waals surface area contributed by atoms with Gasteiger partial charge in [0, 0.05) is 13.0 Å². The van der Waals surface area contributed by atoms with Crippen molar-refractivity contribution in [2.75, 3.05) is 6.54 Å². The second-order valence-electron chi connectivity index (χ2n) is 4.56. The van der Waals surface area contributed by atoms with Gasteiger partial charge in [0.05, 0.1) is 12.1 Å². The lowest BCUT2D eigenvalue weighted by Crippen LogP contribution is -2.32. The molecular weight excluding hydrogens is 238 g/mol. The van der Waals surface area contributed by atoms with E-state index in [0.29, 0.717) is 12.8 Å². The van der Waals surface area contributed by atoms with E-state index < -0.39 is 0 Å². The van der Waals surface area contributed by atoms with E-state index in [4.69, 9.17) is 5.11 Å². The average Bonchev–Trinajstić information content (AvgIpc) is 2.70. The quantitative estimate of drug-likeness (QED) is 0.747. The predicted octanol–water partition coefficient (Wildman–Crippen LogP) is 3.77. The number of hydrogen-bond acceptors (Lipinski definition) is 2. The maximum atomic E-state index is 11.6. The Morgan fingerprint density at radius 3 is 2.63 bits per heavy atom. The van der Waals surface area contributed by atoms with E-state index in [1.165, 1.54) is 0 Å². The molecule has 1 rings (SSSR count). The highest BCUT2D eigenvalue weighted by Gasteiger charge is 2.27. The standard InChI is InChI=1S/C13H23NO2.C2H6.CH4/c1-3-4-10-14-12(8-9-13(14)16)7-5-6-11(2)15;1-2;/h5,7,11-12,15H,3-4,6,8-10H2,1-2H3;1-2H3;1H4/b7-5+;;/t11?,12-;;/m0../s1. The van der Waals surface area contributed by atoms with E-state index in [1.807, 2.05) is 24.8 Å². The van der Waals surface area contributed by atoms with Gasteiger partial charge in [-0.3, -0.25) is 4.79 Å². The lowest BCUT2D eigenvalue weighted by Gasteiger charge is -2.22. The van der Waals surface area contributed by atoms with Crippen LogP contribution in [0.1, 0.15) is 67.2 Å². The number of nitrogens with zero attached hydrogens (tertiary/aromatic N) is 1. The molecule has 1 aliphatic rings. The predicted molar refractivity (Wildman–Crippen MR) is 83.2 cm³/mol. The summed E-state index contributed by atoms with van der Waals surface area (Å²) in [5.41, 5.74) is 0. The summed E-state index contributed by atoms with van der Waals surface area (Å²) in [6, 6.07) is 0.262. The summed E-state index contributed by atoms with van der Waals surface area (Å²) in [6.07, 6.45) is 8.25. The van der Waals surface area contributed by atoms with E-state index in [0.717, 1.165) is 25.8 Å². The van der Waals surface area contributed by atoms with Crippen molar-refractivity contribution in [3.63, 3.8) is 0 Å². The third-order valence-corrected chi connectivity index (χ3v) is 2.96. The van der Waals surface area contributed by atoms with Crippen LogP contribution in [-0.4, -0.2) is 34.6 Å². The Bertz CT molecular complexity index is 249. The Morgan fingerprint density at radius 1 is 1.47 bits per heavy atom. The molecule has 1 unspecified atom stereocenters. The number of hydrogen-bond donors (Lipinski definition) is 1. The molecule has 1 saturated heterocycles. The molecule has 1 amide bonds. The molecule has 1 aliphatic heterocycles. The summed E-state index contributed by atoms with van der Waals surface area (Å²) in [7, 11) is 0. The minimum atomic E-state index is -0.294. The Morgan fingerprint density at radius 2 is 2.11 bits per heavy atom. The van der Waals surface area contributed by atoms with E-state index in [-0.39, 0.29) is 25.5 Å². The topological polar surface area (TPSA) is 40.5 Å². The van der Waals surface area contributed by atoms with Gasteiger partial charge in [0.2, 0.25) is 5.91 Å². The van der Waals surface area contributed by atoms with Gasteiger partial charge in [0.15, 0.2) is 0 Å². The van der Waals surface area contributed by atoms with Crippen molar-refractivity contribution >= 4 is 5.91 Å². The summed E-state index contributed by atoms with van der Waals surface area (Å²) in [5, 5.41) is 9.15. The first-order valence-corrected chi connectivity index (χ1v) is 7.29. The van der Waals surface area contributed by atoms with E-state index >= 15 is 0 Å². The SMILES string of the molecule is C.CC.CCCCN1C(=O)CC[C@@H]1/C=C/CC(C)O. The van der Waals surface area contributed by atoms with Crippen molar-refractivity contribution in [3.05, 3.63) is 12.2 Å². The van der Waals surface area contributed by atoms with Gasteiger partial charge in [0.1, 0.15) is 0 Å². The monoisotopic (exact) mass is 271 g/mol. The number of aliphatic hydroxyl groups is 1. The molecule has 0 aromatic heterocycles. The molecule has 0 aromatic rings. The van der Waals surface area contributed by atoms with Gasteiger partial charge >= 0.3 is 0 Å². The number of rotatable bonds is 6. The summed E-state index contributed by atoms with van der Waals surface area (Å²) in [5.74, 6) is 0.278. The van der Waals surface area contributed by atoms with Crippen molar-refractivity contribution in [2.24, 2.45) is 0 Å². The first-order chi connectivity index (χ1) is 8.65. The fourth-order valence-electron chi connectivity index (χ4n) is 2.01. The zero-order chi connectivity index (χ0) is 14.0. The highest BCUT2D eigenvalue weighted by atomic mass is 16.3. The Balaban J connectivity index is 0. The highest BCUT2D eigenvalue weighted by Crippen LogP contribution is 2.20. The third-order valence-electron chi connectivity index (χ3n) is 2.96. The second-order valence-corrected chi connectivity index (χ2v) is 4.56. The van der Waals surface area contributed by atoms with E-state index in [9.17, 15) is 4.79 Å². The lowest BCUT2D eigenvalue weighted by molar-refractivity contribution is -0.128. The van der Waals surface area contributed by atoms with Gasteiger partial charge in [-0.2, -0.15) is 0 Å². The Kier molecular flexibility index (Phi) is 13.2. The molecular formula is C16H33NO2. The Hall–Kier alpha value is -0.830. The third kappa shape index (κ3) is 8.04. The van der Waals surface area contributed by atoms with E-state index in [2.05, 4.69) is 13.0 Å². The van der Waals surface area contributed by atoms with E-state index in [1.54, 1.807) is 6.92 Å². The molecule has 0 radical (unpaired) electrons. The highest BCUT2D eigenvalue weighted by molar-refractivity contribution is 5.79. The molecule has 114 valence electrons. The normalized spacial score (nSPS) is 19.9. The van der Waals surface area contributed by atoms with Crippen LogP contribution in [0, 0.1) is 0 Å². The largest absolute Gasteiger partial charge is 0.393 e. The molecule has 3 heteroatoms. The number of amides is 1. The fraction of sp³-hybridized carbons (Fsp3) is 0.812. The number of aliphatic hydroxyl groups excluding tert-OH is 1. The summed E-state index contributed by atoms with van der Waals surface area (Å²) < 4.78 is 0. The molecule has 0 saturated carbocycles. The number of carbonyl (C=O) groups is 1. The average molecular weight is 271 g/mol. The van der Waals surface area contributed by atoms with Gasteiger partial charge in [-0.25, -0.2) is 0 Å². The number of carbonyl (C=O) groups excluding carboxylic acids is 1. The molecule has 0 bridgehead atoms. The summed E-state index contributed by atoms with van der Waals surface area (Å²) in [6.45, 7) is 8.79. The number of unbranched alkanes of at least 4 members (excludes halogenated alkanes) is 1. The molecule has 0 aromatic carbocycles. The Labute approximate surface area is 119 Å². The summed E-state index contributed by atoms with van der Waals surface area (Å²) in [4.78, 5) is 13.6. The zero-order valence-electron chi connectivity index (χ0n) is 12.4. The smallest absolute Gasteiger partial charge is 0.223 e. The van der Waals surface area contributed by atoms with Gasteiger partial charge in [0.25, 0.3) is 0 Å². The van der Waals surface area contributed by atoms with Gasteiger partial charge in [-0.05, 0) is 26.2 Å². The first kappa shape index (κ1) is 20.5. The van der Waals surface area contributed by atoms with Crippen molar-refractivity contribution in [1.82, 2.24) is 4.90 Å². The fourth-order valence-corrected chi connectivity index (χ4v) is 2.01. The minimum absolute atomic E-state index is 0. The molecule has 1 heterocycles. The van der Waals surface area contributed by atoms with Crippen LogP contribution in [-0.2, 0) is 4.79 Å². The molecule has 3 nitrogen and oxygen atoms in total. The van der Waals surface area contributed by atoms with Crippen molar-refractivity contribution in [2.45, 2.75) is 79.4 Å². The molecule has 0 aliphatic carbocycles. The van der Waals surface area contributed by atoms with Crippen molar-refractivity contribution < 1.29 is 9.90 Å². The van der Waals surface area contributed by atoms with Crippen LogP contribution in [0.4, 0.5) is 0 Å². The van der Waals surface area contributed by atoms with Crippen LogP contribution >= 0.6 is 0 Å². The second kappa shape index (κ2) is 12.2. The molecule has 1 fully saturated rings. The van der Waals surface area contributed by atoms with Crippen LogP contribution in [0.5, 0.6) is 0 Å².